The van der Waals surface area contributed by atoms with E-state index in [0.29, 0.717) is 40.1 Å². The predicted molar refractivity (Wildman–Crippen MR) is 123 cm³/mol. The van der Waals surface area contributed by atoms with E-state index in [-0.39, 0.29) is 21.7 Å². The first-order valence-electron chi connectivity index (χ1n) is 9.69. The number of carbonyl (C=O) groups excluding carboxylic acids is 1. The summed E-state index contributed by atoms with van der Waals surface area (Å²) in [6.07, 6.45) is -4.98. The number of fused-ring (bicyclic) bond motifs is 3. The number of hydrogen-bond donors (Lipinski definition) is 5. The number of carbonyl (C=O) groups is 2. The molecule has 2 aromatic carbocycles. The highest BCUT2D eigenvalue weighted by atomic mass is 32.1. The smallest absolute Gasteiger partial charge is 0.393 e. The van der Waals surface area contributed by atoms with Gasteiger partial charge in [-0.1, -0.05) is 24.9 Å². The number of thiol groups is 1. The van der Waals surface area contributed by atoms with E-state index in [0.717, 1.165) is 11.3 Å². The van der Waals surface area contributed by atoms with Crippen LogP contribution in [0.25, 0.3) is 11.1 Å². The van der Waals surface area contributed by atoms with E-state index in [1.165, 1.54) is 12.1 Å². The fourth-order valence-corrected chi connectivity index (χ4v) is 5.20. The average molecular weight is 495 g/mol. The van der Waals surface area contributed by atoms with Crippen molar-refractivity contribution in [3.05, 3.63) is 63.5 Å². The van der Waals surface area contributed by atoms with E-state index >= 15 is 0 Å². The van der Waals surface area contributed by atoms with Crippen LogP contribution < -0.4 is 10.0 Å². The number of benzene rings is 2. The van der Waals surface area contributed by atoms with Gasteiger partial charge in [0.2, 0.25) is 0 Å². The highest BCUT2D eigenvalue weighted by Gasteiger charge is 2.33. The Morgan fingerprint density at radius 2 is 1.91 bits per heavy atom. The third kappa shape index (κ3) is 4.64. The van der Waals surface area contributed by atoms with Gasteiger partial charge < -0.3 is 20.3 Å². The third-order valence-corrected chi connectivity index (χ3v) is 6.69. The number of thiophene rings is 1. The van der Waals surface area contributed by atoms with Crippen LogP contribution in [0.15, 0.2) is 36.4 Å². The monoisotopic (exact) mass is 494 g/mol. The number of hydrogen-bond acceptors (Lipinski definition) is 6. The number of nitrogens with one attached hydrogen (secondary N) is 2. The maximum absolute atomic E-state index is 12.8. The Morgan fingerprint density at radius 3 is 2.58 bits per heavy atom. The van der Waals surface area contributed by atoms with Gasteiger partial charge in [-0.05, 0) is 48.2 Å². The summed E-state index contributed by atoms with van der Waals surface area (Å²) in [4.78, 5) is 25.6. The van der Waals surface area contributed by atoms with Gasteiger partial charge in [-0.3, -0.25) is 4.79 Å². The minimum Gasteiger partial charge on any atom is -0.508 e. The maximum Gasteiger partial charge on any atom is 0.393 e. The standard InChI is InChI=1S/C22H17F3N2O4S2/c23-22(24,25)9-12-6-10-4-5-16-17(14(10)8-15(12)28)18(21(30)31)20(33-16)26-19(29)11-2-1-3-13(7-11)27-32/h1-3,6-8,27-28,32H,4-5,9H2,(H,26,29)(H,30,31). The van der Waals surface area contributed by atoms with Gasteiger partial charge in [-0.25, -0.2) is 4.79 Å². The summed E-state index contributed by atoms with van der Waals surface area (Å²) in [7, 11) is 0. The molecule has 1 heterocycles. The second-order valence-electron chi connectivity index (χ2n) is 7.49. The van der Waals surface area contributed by atoms with E-state index in [4.69, 9.17) is 0 Å². The van der Waals surface area contributed by atoms with Crippen LogP contribution in [0, 0.1) is 0 Å². The minimum atomic E-state index is -4.49. The number of carboxylic acid groups (broad SMARTS) is 1. The van der Waals surface area contributed by atoms with Crippen LogP contribution in [0.3, 0.4) is 0 Å². The van der Waals surface area contributed by atoms with Crippen molar-refractivity contribution in [2.75, 3.05) is 10.0 Å². The molecule has 33 heavy (non-hydrogen) atoms. The number of halogens is 3. The fraction of sp³-hybridized carbons (Fsp3) is 0.182. The highest BCUT2D eigenvalue weighted by Crippen LogP contribution is 2.47. The Bertz CT molecular complexity index is 1270. The van der Waals surface area contributed by atoms with Crippen molar-refractivity contribution in [3.8, 4) is 16.9 Å². The van der Waals surface area contributed by atoms with Crippen LogP contribution >= 0.6 is 24.2 Å². The molecule has 0 unspecified atom stereocenters. The van der Waals surface area contributed by atoms with E-state index in [1.807, 2.05) is 0 Å². The summed E-state index contributed by atoms with van der Waals surface area (Å²) in [5, 5.41) is 22.9. The van der Waals surface area contributed by atoms with Crippen LogP contribution in [0.4, 0.5) is 23.9 Å². The number of alkyl halides is 3. The molecule has 3 aromatic rings. The lowest BCUT2D eigenvalue weighted by Crippen LogP contribution is -2.14. The predicted octanol–water partition coefficient (Wildman–Crippen LogP) is 5.53. The molecule has 0 aliphatic heterocycles. The molecule has 1 amide bonds. The Morgan fingerprint density at radius 1 is 1.15 bits per heavy atom. The van der Waals surface area contributed by atoms with Gasteiger partial charge >= 0.3 is 12.1 Å². The zero-order chi connectivity index (χ0) is 23.9. The molecule has 0 radical (unpaired) electrons. The molecular formula is C22H17F3N2O4S2. The van der Waals surface area contributed by atoms with Gasteiger partial charge in [0.25, 0.3) is 5.91 Å². The molecule has 0 fully saturated rings. The van der Waals surface area contributed by atoms with Crippen molar-refractivity contribution in [1.82, 2.24) is 0 Å². The Labute approximate surface area is 195 Å². The molecule has 0 bridgehead atoms. The van der Waals surface area contributed by atoms with Crippen molar-refractivity contribution < 1.29 is 33.0 Å². The number of amides is 1. The normalized spacial score (nSPS) is 12.6. The summed E-state index contributed by atoms with van der Waals surface area (Å²) >= 11 is 5.04. The van der Waals surface area contributed by atoms with Crippen LogP contribution in [0.5, 0.6) is 5.75 Å². The Kier molecular flexibility index (Phi) is 6.02. The van der Waals surface area contributed by atoms with Gasteiger partial charge in [0.1, 0.15) is 16.3 Å². The molecule has 11 heteroatoms. The van der Waals surface area contributed by atoms with Crippen molar-refractivity contribution in [2.24, 2.45) is 0 Å². The van der Waals surface area contributed by atoms with Gasteiger partial charge in [0.05, 0.1) is 6.42 Å². The fourth-order valence-electron chi connectivity index (χ4n) is 3.87. The van der Waals surface area contributed by atoms with Crippen LogP contribution in [-0.4, -0.2) is 28.3 Å². The summed E-state index contributed by atoms with van der Waals surface area (Å²) in [6.45, 7) is 0. The van der Waals surface area contributed by atoms with Crippen molar-refractivity contribution in [3.63, 3.8) is 0 Å². The van der Waals surface area contributed by atoms with Crippen LogP contribution in [0.1, 0.15) is 36.7 Å². The quantitative estimate of drug-likeness (QED) is 0.301. The lowest BCUT2D eigenvalue weighted by molar-refractivity contribution is -0.127. The van der Waals surface area contributed by atoms with Gasteiger partial charge in [-0.2, -0.15) is 13.2 Å². The number of aromatic hydroxyl groups is 1. The molecule has 1 aliphatic carbocycles. The second-order valence-corrected chi connectivity index (χ2v) is 8.82. The Hall–Kier alpha value is -3.18. The molecule has 4 rings (SSSR count). The lowest BCUT2D eigenvalue weighted by Gasteiger charge is -2.20. The first-order chi connectivity index (χ1) is 15.6. The van der Waals surface area contributed by atoms with Crippen molar-refractivity contribution in [1.29, 1.82) is 0 Å². The van der Waals surface area contributed by atoms with Crippen molar-refractivity contribution >= 4 is 46.7 Å². The van der Waals surface area contributed by atoms with Gasteiger partial charge in [-0.15, -0.1) is 11.3 Å². The van der Waals surface area contributed by atoms with Crippen molar-refractivity contribution in [2.45, 2.75) is 25.4 Å². The molecule has 0 spiro atoms. The first kappa shape index (κ1) is 23.0. The molecule has 6 nitrogen and oxygen atoms in total. The van der Waals surface area contributed by atoms with E-state index in [1.54, 1.807) is 24.3 Å². The molecule has 1 aromatic heterocycles. The van der Waals surface area contributed by atoms with E-state index < -0.39 is 30.2 Å². The number of rotatable bonds is 5. The molecule has 172 valence electrons. The number of aryl methyl sites for hydroxylation is 2. The molecule has 4 N–H and O–H groups in total. The summed E-state index contributed by atoms with van der Waals surface area (Å²) < 4.78 is 41.1. The molecule has 0 saturated carbocycles. The zero-order valence-corrected chi connectivity index (χ0v) is 18.5. The van der Waals surface area contributed by atoms with Crippen LogP contribution in [-0.2, 0) is 19.3 Å². The minimum absolute atomic E-state index is 0.119. The molecule has 0 saturated heterocycles. The summed E-state index contributed by atoms with van der Waals surface area (Å²) in [5.74, 6) is -2.37. The highest BCUT2D eigenvalue weighted by molar-refractivity contribution is 7.81. The first-order valence-corrected chi connectivity index (χ1v) is 11.0. The maximum atomic E-state index is 12.8. The van der Waals surface area contributed by atoms with Gasteiger partial charge in [0, 0.05) is 27.3 Å². The average Bonchev–Trinajstić information content (AvgIpc) is 3.12. The van der Waals surface area contributed by atoms with Crippen LogP contribution in [0.2, 0.25) is 0 Å². The lowest BCUT2D eigenvalue weighted by atomic mass is 9.86. The summed E-state index contributed by atoms with van der Waals surface area (Å²) in [6, 6.07) is 8.91. The summed E-state index contributed by atoms with van der Waals surface area (Å²) in [5.41, 5.74) is 1.63. The van der Waals surface area contributed by atoms with E-state index in [9.17, 15) is 33.0 Å². The number of phenols is 1. The Balaban J connectivity index is 1.75. The number of anilines is 2. The number of carboxylic acids is 1. The third-order valence-electron chi connectivity index (χ3n) is 5.26. The topological polar surface area (TPSA) is 98.7 Å². The van der Waals surface area contributed by atoms with Gasteiger partial charge in [0.15, 0.2) is 0 Å². The molecule has 0 atom stereocenters. The second kappa shape index (κ2) is 8.64. The molecule has 1 aliphatic rings. The SMILES string of the molecule is O=C(Nc1sc2c(c1C(=O)O)-c1cc(O)c(CC(F)(F)F)cc1CC2)c1cccc(NS)c1. The number of phenolic OH excluding ortho intramolecular Hbond substituents is 1. The van der Waals surface area contributed by atoms with E-state index in [2.05, 4.69) is 22.9 Å². The number of aromatic carboxylic acids is 1. The zero-order valence-electron chi connectivity index (χ0n) is 16.8. The molecular weight excluding hydrogens is 477 g/mol. The largest absolute Gasteiger partial charge is 0.508 e.